The van der Waals surface area contributed by atoms with E-state index in [0.29, 0.717) is 4.99 Å². The Labute approximate surface area is 130 Å². The number of benzene rings is 2. The molecule has 0 atom stereocenters. The molecule has 0 aliphatic heterocycles. The van der Waals surface area contributed by atoms with Crippen LogP contribution < -0.4 is 5.73 Å². The molecule has 2 aromatic rings. The second-order valence-electron chi connectivity index (χ2n) is 5.02. The quantitative estimate of drug-likeness (QED) is 0.861. The van der Waals surface area contributed by atoms with E-state index in [0.717, 1.165) is 22.3 Å². The zero-order chi connectivity index (χ0) is 15.5. The number of sulfone groups is 1. The van der Waals surface area contributed by atoms with Gasteiger partial charge in [0, 0.05) is 5.56 Å². The summed E-state index contributed by atoms with van der Waals surface area (Å²) in [6.45, 7) is 1.92. The largest absolute Gasteiger partial charge is 0.389 e. The number of nitrogens with two attached hydrogens (primary N) is 1. The first-order chi connectivity index (χ1) is 9.87. The van der Waals surface area contributed by atoms with Gasteiger partial charge in [-0.05, 0) is 23.6 Å². The topological polar surface area (TPSA) is 60.2 Å². The summed E-state index contributed by atoms with van der Waals surface area (Å²) < 4.78 is 24.6. The summed E-state index contributed by atoms with van der Waals surface area (Å²) in [5, 5.41) is 0. The Morgan fingerprint density at radius 1 is 1.05 bits per heavy atom. The van der Waals surface area contributed by atoms with E-state index in [-0.39, 0.29) is 11.5 Å². The lowest BCUT2D eigenvalue weighted by molar-refractivity contribution is 0.594. The van der Waals surface area contributed by atoms with E-state index in [1.165, 1.54) is 0 Å². The van der Waals surface area contributed by atoms with Crippen molar-refractivity contribution >= 4 is 27.0 Å². The molecule has 5 heteroatoms. The van der Waals surface area contributed by atoms with Gasteiger partial charge in [0.05, 0.1) is 11.5 Å². The van der Waals surface area contributed by atoms with Gasteiger partial charge in [0.1, 0.15) is 4.99 Å². The summed E-state index contributed by atoms with van der Waals surface area (Å²) in [6, 6.07) is 14.5. The van der Waals surface area contributed by atoms with Crippen LogP contribution >= 0.6 is 12.2 Å². The Balaban J connectivity index is 2.14. The molecule has 0 bridgehead atoms. The zero-order valence-corrected chi connectivity index (χ0v) is 13.4. The second kappa shape index (κ2) is 6.37. The van der Waals surface area contributed by atoms with Crippen LogP contribution in [-0.4, -0.2) is 13.4 Å². The first-order valence-electron chi connectivity index (χ1n) is 6.51. The van der Waals surface area contributed by atoms with Crippen molar-refractivity contribution in [2.45, 2.75) is 18.4 Å². The van der Waals surface area contributed by atoms with Gasteiger partial charge >= 0.3 is 0 Å². The maximum Gasteiger partial charge on any atom is 0.158 e. The molecule has 0 fully saturated rings. The summed E-state index contributed by atoms with van der Waals surface area (Å²) in [4.78, 5) is 0.310. The zero-order valence-electron chi connectivity index (χ0n) is 11.7. The van der Waals surface area contributed by atoms with Gasteiger partial charge in [-0.25, -0.2) is 8.42 Å². The number of thiocarbonyl (C=S) groups is 1. The molecule has 0 heterocycles. The standard InChI is InChI=1S/C16H17NO2S2/c1-12-4-2-3-5-15(12)11-21(18,19)10-13-6-8-14(9-7-13)16(17)20/h2-9H,10-11H2,1H3,(H2,17,20). The Kier molecular flexibility index (Phi) is 4.75. The van der Waals surface area contributed by atoms with Gasteiger partial charge in [-0.15, -0.1) is 0 Å². The second-order valence-corrected chi connectivity index (χ2v) is 7.52. The van der Waals surface area contributed by atoms with Crippen LogP contribution in [0.25, 0.3) is 0 Å². The smallest absolute Gasteiger partial charge is 0.158 e. The number of rotatable bonds is 5. The number of hydrogen-bond acceptors (Lipinski definition) is 3. The van der Waals surface area contributed by atoms with E-state index in [1.807, 2.05) is 31.2 Å². The van der Waals surface area contributed by atoms with Crippen LogP contribution in [0.1, 0.15) is 22.3 Å². The highest BCUT2D eigenvalue weighted by atomic mass is 32.2. The van der Waals surface area contributed by atoms with Gasteiger partial charge in [0.2, 0.25) is 0 Å². The van der Waals surface area contributed by atoms with Crippen molar-refractivity contribution in [1.29, 1.82) is 0 Å². The average Bonchev–Trinajstić information content (AvgIpc) is 2.41. The van der Waals surface area contributed by atoms with E-state index >= 15 is 0 Å². The molecule has 0 spiro atoms. The molecule has 0 aliphatic carbocycles. The summed E-state index contributed by atoms with van der Waals surface area (Å²) in [6.07, 6.45) is 0. The highest BCUT2D eigenvalue weighted by Gasteiger charge is 2.14. The van der Waals surface area contributed by atoms with Gasteiger partial charge in [0.15, 0.2) is 9.84 Å². The third-order valence-corrected chi connectivity index (χ3v) is 5.02. The summed E-state index contributed by atoms with van der Waals surface area (Å²) in [5.41, 5.74) is 8.84. The van der Waals surface area contributed by atoms with E-state index in [4.69, 9.17) is 18.0 Å². The van der Waals surface area contributed by atoms with E-state index in [9.17, 15) is 8.42 Å². The molecule has 2 aromatic carbocycles. The monoisotopic (exact) mass is 319 g/mol. The van der Waals surface area contributed by atoms with Gasteiger partial charge in [0.25, 0.3) is 0 Å². The molecular weight excluding hydrogens is 302 g/mol. The summed E-state index contributed by atoms with van der Waals surface area (Å²) in [5.74, 6) is 0.0652. The number of aryl methyl sites for hydroxylation is 1. The minimum Gasteiger partial charge on any atom is -0.389 e. The van der Waals surface area contributed by atoms with Crippen molar-refractivity contribution in [1.82, 2.24) is 0 Å². The molecule has 2 N–H and O–H groups in total. The molecule has 3 nitrogen and oxygen atoms in total. The summed E-state index contributed by atoms with van der Waals surface area (Å²) in [7, 11) is -3.21. The van der Waals surface area contributed by atoms with E-state index < -0.39 is 9.84 Å². The minimum absolute atomic E-state index is 0.0128. The molecule has 0 aliphatic rings. The molecule has 0 unspecified atom stereocenters. The molecule has 0 saturated carbocycles. The fraction of sp³-hybridized carbons (Fsp3) is 0.188. The Morgan fingerprint density at radius 3 is 2.24 bits per heavy atom. The van der Waals surface area contributed by atoms with Crippen molar-refractivity contribution < 1.29 is 8.42 Å². The molecule has 21 heavy (non-hydrogen) atoms. The van der Waals surface area contributed by atoms with Crippen molar-refractivity contribution in [3.63, 3.8) is 0 Å². The van der Waals surface area contributed by atoms with Crippen molar-refractivity contribution in [3.8, 4) is 0 Å². The lowest BCUT2D eigenvalue weighted by atomic mass is 10.1. The van der Waals surface area contributed by atoms with Gasteiger partial charge in [-0.3, -0.25) is 0 Å². The lowest BCUT2D eigenvalue weighted by Gasteiger charge is -2.08. The van der Waals surface area contributed by atoms with Crippen LogP contribution in [0.3, 0.4) is 0 Å². The third kappa shape index (κ3) is 4.37. The first kappa shape index (κ1) is 15.7. The molecule has 0 radical (unpaired) electrons. The van der Waals surface area contributed by atoms with E-state index in [1.54, 1.807) is 24.3 Å². The van der Waals surface area contributed by atoms with Crippen LogP contribution in [0.2, 0.25) is 0 Å². The molecule has 0 saturated heterocycles. The fourth-order valence-corrected chi connectivity index (χ4v) is 3.82. The van der Waals surface area contributed by atoms with Gasteiger partial charge in [-0.2, -0.15) is 0 Å². The average molecular weight is 319 g/mol. The Morgan fingerprint density at radius 2 is 1.67 bits per heavy atom. The highest BCUT2D eigenvalue weighted by Crippen LogP contribution is 2.16. The molecular formula is C16H17NO2S2. The van der Waals surface area contributed by atoms with Gasteiger partial charge < -0.3 is 5.73 Å². The normalized spacial score (nSPS) is 11.3. The van der Waals surface area contributed by atoms with Crippen LogP contribution in [0.4, 0.5) is 0 Å². The molecule has 0 amide bonds. The fourth-order valence-electron chi connectivity index (χ4n) is 2.08. The van der Waals surface area contributed by atoms with Gasteiger partial charge in [-0.1, -0.05) is 60.7 Å². The maximum atomic E-state index is 12.3. The van der Waals surface area contributed by atoms with E-state index in [2.05, 4.69) is 0 Å². The summed E-state index contributed by atoms with van der Waals surface area (Å²) >= 11 is 4.88. The number of hydrogen-bond donors (Lipinski definition) is 1. The van der Waals surface area contributed by atoms with Crippen LogP contribution in [0.15, 0.2) is 48.5 Å². The lowest BCUT2D eigenvalue weighted by Crippen LogP contribution is -2.11. The molecule has 110 valence electrons. The Bertz CT molecular complexity index is 750. The minimum atomic E-state index is -3.21. The van der Waals surface area contributed by atoms with Crippen LogP contribution in [0, 0.1) is 6.92 Å². The van der Waals surface area contributed by atoms with Crippen molar-refractivity contribution in [2.24, 2.45) is 5.73 Å². The van der Waals surface area contributed by atoms with Crippen molar-refractivity contribution in [3.05, 3.63) is 70.8 Å². The SMILES string of the molecule is Cc1ccccc1CS(=O)(=O)Cc1ccc(C(N)=S)cc1. The highest BCUT2D eigenvalue weighted by molar-refractivity contribution is 7.89. The Hall–Kier alpha value is -1.72. The predicted octanol–water partition coefficient (Wildman–Crippen LogP) is 2.74. The van der Waals surface area contributed by atoms with Crippen molar-refractivity contribution in [2.75, 3.05) is 0 Å². The third-order valence-electron chi connectivity index (χ3n) is 3.26. The van der Waals surface area contributed by atoms with Crippen LogP contribution in [0.5, 0.6) is 0 Å². The molecule has 2 rings (SSSR count). The molecule has 0 aromatic heterocycles. The van der Waals surface area contributed by atoms with Crippen LogP contribution in [-0.2, 0) is 21.3 Å². The maximum absolute atomic E-state index is 12.3. The first-order valence-corrected chi connectivity index (χ1v) is 8.74. The predicted molar refractivity (Wildman–Crippen MR) is 89.8 cm³/mol.